The van der Waals surface area contributed by atoms with E-state index < -0.39 is 11.3 Å². The summed E-state index contributed by atoms with van der Waals surface area (Å²) in [4.78, 5) is 12.4. The molecule has 1 unspecified atom stereocenters. The van der Waals surface area contributed by atoms with Crippen molar-refractivity contribution < 1.29 is 8.76 Å². The molecule has 0 aliphatic carbocycles. The van der Waals surface area contributed by atoms with Gasteiger partial charge in [-0.2, -0.15) is 5.10 Å². The van der Waals surface area contributed by atoms with Crippen LogP contribution < -0.4 is 10.3 Å². The number of nitrogens with one attached hydrogen (secondary N) is 1. The number of rotatable bonds is 5. The van der Waals surface area contributed by atoms with Gasteiger partial charge < -0.3 is 4.55 Å². The second kappa shape index (κ2) is 8.35. The molecule has 0 spiro atoms. The minimum Gasteiger partial charge on any atom is -0.760 e. The van der Waals surface area contributed by atoms with Crippen molar-refractivity contribution in [2.24, 2.45) is 0 Å². The van der Waals surface area contributed by atoms with Gasteiger partial charge in [-0.3, -0.25) is 9.00 Å². The largest absolute Gasteiger partial charge is 0.760 e. The highest BCUT2D eigenvalue weighted by atomic mass is 35.5. The maximum absolute atomic E-state index is 12.4. The Morgan fingerprint density at radius 2 is 1.76 bits per heavy atom. The van der Waals surface area contributed by atoms with E-state index in [1.54, 1.807) is 6.07 Å². The molecular formula is C17H17ClN3O3S-. The molecule has 0 aliphatic heterocycles. The molecule has 1 atom stereocenters. The average Bonchev–Trinajstić information content (AvgIpc) is 2.61. The van der Waals surface area contributed by atoms with Crippen molar-refractivity contribution >= 4 is 34.4 Å². The van der Waals surface area contributed by atoms with E-state index in [0.29, 0.717) is 11.9 Å². The van der Waals surface area contributed by atoms with E-state index >= 15 is 0 Å². The van der Waals surface area contributed by atoms with Crippen molar-refractivity contribution in [3.05, 3.63) is 64.4 Å². The molecular weight excluding hydrogens is 362 g/mol. The third-order valence-corrected chi connectivity index (χ3v) is 4.17. The monoisotopic (exact) mass is 378 g/mol. The summed E-state index contributed by atoms with van der Waals surface area (Å²) in [7, 11) is 0. The van der Waals surface area contributed by atoms with Crippen molar-refractivity contribution in [1.82, 2.24) is 14.5 Å². The number of hydrogen-bond donors (Lipinski definition) is 1. The molecule has 1 N–H and O–H groups in total. The second-order valence-electron chi connectivity index (χ2n) is 5.27. The van der Waals surface area contributed by atoms with Crippen molar-refractivity contribution in [3.8, 4) is 11.3 Å². The fourth-order valence-electron chi connectivity index (χ4n) is 2.59. The van der Waals surface area contributed by atoms with Gasteiger partial charge in [-0.05, 0) is 18.6 Å². The van der Waals surface area contributed by atoms with Gasteiger partial charge in [-0.15, -0.1) is 12.4 Å². The van der Waals surface area contributed by atoms with Crippen LogP contribution in [0.3, 0.4) is 0 Å². The molecule has 1 heterocycles. The van der Waals surface area contributed by atoms with Gasteiger partial charge in [0.15, 0.2) is 0 Å². The second-order valence-corrected chi connectivity index (χ2v) is 6.03. The fraction of sp³-hybridized carbons (Fsp3) is 0.176. The van der Waals surface area contributed by atoms with Crippen LogP contribution in [-0.4, -0.2) is 18.5 Å². The lowest BCUT2D eigenvalue weighted by Crippen LogP contribution is -2.22. The standard InChI is InChI=1S/C17H17N3O3S.ClH/c1-2-20-17(21)15-6-4-3-5-14(15)16(19-20)13-9-7-12(8-10-13)11-18-24(22)23;/h3-10,18H,2,11H2,1H3,(H,22,23);1H/p-1. The number of aromatic nitrogens is 2. The van der Waals surface area contributed by atoms with Gasteiger partial charge in [0, 0.05) is 35.3 Å². The normalized spacial score (nSPS) is 11.9. The Morgan fingerprint density at radius 1 is 1.12 bits per heavy atom. The summed E-state index contributed by atoms with van der Waals surface area (Å²) in [6, 6.07) is 14.8. The molecule has 0 radical (unpaired) electrons. The van der Waals surface area contributed by atoms with E-state index in [2.05, 4.69) is 9.82 Å². The Morgan fingerprint density at radius 3 is 2.36 bits per heavy atom. The van der Waals surface area contributed by atoms with Gasteiger partial charge in [-0.1, -0.05) is 42.5 Å². The first-order valence-electron chi connectivity index (χ1n) is 7.52. The van der Waals surface area contributed by atoms with Crippen LogP contribution >= 0.6 is 12.4 Å². The molecule has 0 bridgehead atoms. The molecule has 6 nitrogen and oxygen atoms in total. The van der Waals surface area contributed by atoms with Crippen molar-refractivity contribution in [2.45, 2.75) is 20.0 Å². The predicted octanol–water partition coefficient (Wildman–Crippen LogP) is 2.39. The van der Waals surface area contributed by atoms with Crippen LogP contribution in [0.1, 0.15) is 12.5 Å². The number of benzene rings is 2. The van der Waals surface area contributed by atoms with E-state index in [-0.39, 0.29) is 24.5 Å². The van der Waals surface area contributed by atoms with Crippen LogP contribution in [0.25, 0.3) is 22.0 Å². The summed E-state index contributed by atoms with van der Waals surface area (Å²) in [5.41, 5.74) is 2.35. The molecule has 3 aromatic rings. The molecule has 0 fully saturated rings. The Kier molecular flexibility index (Phi) is 6.44. The SMILES string of the molecule is CCn1nc(-c2ccc(CNS(=O)[O-])cc2)c2ccccc2c1=O.Cl. The number of halogens is 1. The van der Waals surface area contributed by atoms with E-state index in [4.69, 9.17) is 0 Å². The van der Waals surface area contributed by atoms with E-state index in [9.17, 15) is 13.6 Å². The highest BCUT2D eigenvalue weighted by molar-refractivity contribution is 7.77. The Labute approximate surface area is 153 Å². The molecule has 8 heteroatoms. The maximum Gasteiger partial charge on any atom is 0.274 e. The third-order valence-electron chi connectivity index (χ3n) is 3.79. The molecule has 3 rings (SSSR count). The molecule has 2 aromatic carbocycles. The molecule has 1 aromatic heterocycles. The van der Waals surface area contributed by atoms with Gasteiger partial charge in [0.2, 0.25) is 0 Å². The molecule has 25 heavy (non-hydrogen) atoms. The minimum atomic E-state index is -2.28. The minimum absolute atomic E-state index is 0. The topological polar surface area (TPSA) is 87.1 Å². The average molecular weight is 379 g/mol. The quantitative estimate of drug-likeness (QED) is 0.690. The molecule has 132 valence electrons. The number of hydrogen-bond acceptors (Lipinski definition) is 4. The van der Waals surface area contributed by atoms with Crippen LogP contribution in [0.15, 0.2) is 53.3 Å². The summed E-state index contributed by atoms with van der Waals surface area (Å²) >= 11 is -2.28. The lowest BCUT2D eigenvalue weighted by Gasteiger charge is -2.11. The van der Waals surface area contributed by atoms with Gasteiger partial charge in [0.25, 0.3) is 5.56 Å². The van der Waals surface area contributed by atoms with Gasteiger partial charge in [0.05, 0.1) is 11.1 Å². The van der Waals surface area contributed by atoms with Gasteiger partial charge in [0.1, 0.15) is 0 Å². The summed E-state index contributed by atoms with van der Waals surface area (Å²) in [5, 5.41) is 5.92. The first kappa shape index (κ1) is 19.3. The zero-order valence-corrected chi connectivity index (χ0v) is 15.1. The van der Waals surface area contributed by atoms with Gasteiger partial charge >= 0.3 is 0 Å². The van der Waals surface area contributed by atoms with Gasteiger partial charge in [-0.25, -0.2) is 9.40 Å². The summed E-state index contributed by atoms with van der Waals surface area (Å²) in [6.07, 6.45) is 0. The first-order valence-corrected chi connectivity index (χ1v) is 8.59. The zero-order valence-electron chi connectivity index (χ0n) is 13.5. The van der Waals surface area contributed by atoms with Crippen LogP contribution in [0, 0.1) is 0 Å². The van der Waals surface area contributed by atoms with Crippen LogP contribution in [-0.2, 0) is 24.4 Å². The zero-order chi connectivity index (χ0) is 17.1. The Hall–Kier alpha value is -2.06. The number of fused-ring (bicyclic) bond motifs is 1. The molecule has 0 aliphatic rings. The summed E-state index contributed by atoms with van der Waals surface area (Å²) in [5.74, 6) is 0. The Bertz CT molecular complexity index is 958. The lowest BCUT2D eigenvalue weighted by atomic mass is 10.0. The van der Waals surface area contributed by atoms with E-state index in [1.165, 1.54) is 4.68 Å². The number of aryl methyl sites for hydroxylation is 1. The van der Waals surface area contributed by atoms with Crippen LogP contribution in [0.5, 0.6) is 0 Å². The fourth-order valence-corrected chi connectivity index (χ4v) is 2.87. The highest BCUT2D eigenvalue weighted by Crippen LogP contribution is 2.24. The van der Waals surface area contributed by atoms with Crippen molar-refractivity contribution in [1.29, 1.82) is 0 Å². The van der Waals surface area contributed by atoms with Crippen molar-refractivity contribution in [3.63, 3.8) is 0 Å². The summed E-state index contributed by atoms with van der Waals surface area (Å²) in [6.45, 7) is 2.61. The highest BCUT2D eigenvalue weighted by Gasteiger charge is 2.11. The first-order chi connectivity index (χ1) is 11.6. The molecule has 0 amide bonds. The van der Waals surface area contributed by atoms with E-state index in [0.717, 1.165) is 22.2 Å². The van der Waals surface area contributed by atoms with Crippen LogP contribution in [0.2, 0.25) is 0 Å². The van der Waals surface area contributed by atoms with Crippen molar-refractivity contribution in [2.75, 3.05) is 0 Å². The Balaban J connectivity index is 0.00000225. The predicted molar refractivity (Wildman–Crippen MR) is 100 cm³/mol. The van der Waals surface area contributed by atoms with E-state index in [1.807, 2.05) is 49.4 Å². The molecule has 0 saturated heterocycles. The maximum atomic E-state index is 12.4. The number of nitrogens with zero attached hydrogens (tertiary/aromatic N) is 2. The molecule has 0 saturated carbocycles. The lowest BCUT2D eigenvalue weighted by molar-refractivity contribution is 0.522. The van der Waals surface area contributed by atoms with Crippen LogP contribution in [0.4, 0.5) is 0 Å². The third kappa shape index (κ3) is 4.13. The summed E-state index contributed by atoms with van der Waals surface area (Å²) < 4.78 is 24.9. The smallest absolute Gasteiger partial charge is 0.274 e.